The first-order valence-electron chi connectivity index (χ1n) is 3.46. The predicted molar refractivity (Wildman–Crippen MR) is 35.5 cm³/mol. The Morgan fingerprint density at radius 3 is 2.50 bits per heavy atom. The van der Waals surface area contributed by atoms with Crippen LogP contribution in [0, 0.1) is 0 Å². The van der Waals surface area contributed by atoms with E-state index in [1.165, 1.54) is 0 Å². The molecule has 0 aromatic rings. The van der Waals surface area contributed by atoms with Gasteiger partial charge in [0.15, 0.2) is 0 Å². The molecule has 0 spiro atoms. The largest absolute Gasteiger partial charge is 0.390 e. The Morgan fingerprint density at radius 2 is 1.80 bits per heavy atom. The van der Waals surface area contributed by atoms with Gasteiger partial charge in [0.25, 0.3) is 0 Å². The number of hydrogen-bond donors (Lipinski definition) is 4. The molecule has 10 heavy (non-hydrogen) atoms. The number of aliphatic hydroxyl groups excluding tert-OH is 3. The standard InChI is InChI=1S/C6H13NO3/c8-4-1-2-7-3-5(9)6(4)10/h4-10H,1-3H2/t4-,5+,6+/m1/s1. The Bertz CT molecular complexity index is 97.2. The number of hydrogen-bond acceptors (Lipinski definition) is 4. The maximum Gasteiger partial charge on any atom is 0.107 e. The van der Waals surface area contributed by atoms with Crippen LogP contribution in [-0.2, 0) is 0 Å². The van der Waals surface area contributed by atoms with E-state index in [0.717, 1.165) is 0 Å². The van der Waals surface area contributed by atoms with Crippen LogP contribution in [0.5, 0.6) is 0 Å². The topological polar surface area (TPSA) is 72.7 Å². The fourth-order valence-corrected chi connectivity index (χ4v) is 1.05. The van der Waals surface area contributed by atoms with Gasteiger partial charge in [0.2, 0.25) is 0 Å². The lowest BCUT2D eigenvalue weighted by molar-refractivity contribution is -0.0503. The van der Waals surface area contributed by atoms with Crippen molar-refractivity contribution in [2.45, 2.75) is 24.7 Å². The summed E-state index contributed by atoms with van der Waals surface area (Å²) in [5.74, 6) is 0. The maximum atomic E-state index is 9.09. The number of aliphatic hydroxyl groups is 3. The van der Waals surface area contributed by atoms with Crippen LogP contribution in [0.3, 0.4) is 0 Å². The van der Waals surface area contributed by atoms with Gasteiger partial charge in [-0.2, -0.15) is 0 Å². The van der Waals surface area contributed by atoms with E-state index in [9.17, 15) is 0 Å². The second-order valence-electron chi connectivity index (χ2n) is 2.62. The van der Waals surface area contributed by atoms with Crippen LogP contribution >= 0.6 is 0 Å². The van der Waals surface area contributed by atoms with E-state index in [-0.39, 0.29) is 0 Å². The molecule has 0 aromatic heterocycles. The van der Waals surface area contributed by atoms with Gasteiger partial charge in [-0.15, -0.1) is 0 Å². The monoisotopic (exact) mass is 147 g/mol. The highest BCUT2D eigenvalue weighted by Crippen LogP contribution is 2.05. The molecule has 1 saturated heterocycles. The van der Waals surface area contributed by atoms with Crippen molar-refractivity contribution in [1.82, 2.24) is 5.32 Å². The van der Waals surface area contributed by atoms with Gasteiger partial charge < -0.3 is 20.6 Å². The third-order valence-corrected chi connectivity index (χ3v) is 1.76. The molecule has 1 heterocycles. The summed E-state index contributed by atoms with van der Waals surface area (Å²) in [6, 6.07) is 0. The highest BCUT2D eigenvalue weighted by atomic mass is 16.4. The molecule has 0 unspecified atom stereocenters. The molecule has 1 aliphatic heterocycles. The average molecular weight is 147 g/mol. The zero-order valence-corrected chi connectivity index (χ0v) is 5.70. The molecule has 3 atom stereocenters. The average Bonchev–Trinajstić information content (AvgIpc) is 2.04. The van der Waals surface area contributed by atoms with Gasteiger partial charge in [0.1, 0.15) is 6.10 Å². The summed E-state index contributed by atoms with van der Waals surface area (Å²) in [4.78, 5) is 0. The van der Waals surface area contributed by atoms with Gasteiger partial charge in [-0.05, 0) is 13.0 Å². The fraction of sp³-hybridized carbons (Fsp3) is 1.00. The van der Waals surface area contributed by atoms with Crippen molar-refractivity contribution in [1.29, 1.82) is 0 Å². The third kappa shape index (κ3) is 1.67. The maximum absolute atomic E-state index is 9.09. The van der Waals surface area contributed by atoms with Crippen LogP contribution in [0.4, 0.5) is 0 Å². The Kier molecular flexibility index (Phi) is 2.62. The molecule has 1 rings (SSSR count). The van der Waals surface area contributed by atoms with E-state index in [1.807, 2.05) is 0 Å². The highest BCUT2D eigenvalue weighted by molar-refractivity contribution is 4.80. The molecule has 0 saturated carbocycles. The molecule has 0 aromatic carbocycles. The second-order valence-corrected chi connectivity index (χ2v) is 2.62. The summed E-state index contributed by atoms with van der Waals surface area (Å²) in [6.45, 7) is 1.01. The van der Waals surface area contributed by atoms with Crippen molar-refractivity contribution in [2.75, 3.05) is 13.1 Å². The summed E-state index contributed by atoms with van der Waals surface area (Å²) in [6.07, 6.45) is -2.12. The minimum absolute atomic E-state index is 0.359. The zero-order chi connectivity index (χ0) is 7.56. The molecule has 1 fully saturated rings. The van der Waals surface area contributed by atoms with Crippen molar-refractivity contribution < 1.29 is 15.3 Å². The van der Waals surface area contributed by atoms with Crippen molar-refractivity contribution in [3.8, 4) is 0 Å². The van der Waals surface area contributed by atoms with E-state index in [0.29, 0.717) is 19.5 Å². The summed E-state index contributed by atoms with van der Waals surface area (Å²) in [5, 5.41) is 30.1. The zero-order valence-electron chi connectivity index (χ0n) is 5.70. The Hall–Kier alpha value is -0.160. The van der Waals surface area contributed by atoms with Gasteiger partial charge in [-0.3, -0.25) is 0 Å². The van der Waals surface area contributed by atoms with E-state index in [2.05, 4.69) is 5.32 Å². The minimum Gasteiger partial charge on any atom is -0.390 e. The lowest BCUT2D eigenvalue weighted by atomic mass is 10.1. The second kappa shape index (κ2) is 3.30. The van der Waals surface area contributed by atoms with Crippen LogP contribution < -0.4 is 5.32 Å². The summed E-state index contributed by atoms with van der Waals surface area (Å²) in [7, 11) is 0. The van der Waals surface area contributed by atoms with Crippen molar-refractivity contribution >= 4 is 0 Å². The lowest BCUT2D eigenvalue weighted by Gasteiger charge is -2.17. The molecule has 4 heteroatoms. The van der Waals surface area contributed by atoms with Crippen molar-refractivity contribution in [3.63, 3.8) is 0 Å². The minimum atomic E-state index is -0.991. The Labute approximate surface area is 59.5 Å². The van der Waals surface area contributed by atoms with E-state index >= 15 is 0 Å². The molecular formula is C6H13NO3. The number of β-amino-alcohol motifs (C(OH)–C–C–N with tert-alkyl or cyclic N) is 1. The van der Waals surface area contributed by atoms with Gasteiger partial charge in [-0.1, -0.05) is 0 Å². The van der Waals surface area contributed by atoms with Crippen LogP contribution in [0.2, 0.25) is 0 Å². The Morgan fingerprint density at radius 1 is 1.10 bits per heavy atom. The van der Waals surface area contributed by atoms with Crippen LogP contribution in [-0.4, -0.2) is 46.7 Å². The molecule has 60 valence electrons. The molecule has 4 nitrogen and oxygen atoms in total. The number of nitrogens with one attached hydrogen (secondary N) is 1. The first-order valence-corrected chi connectivity index (χ1v) is 3.46. The van der Waals surface area contributed by atoms with Gasteiger partial charge >= 0.3 is 0 Å². The highest BCUT2D eigenvalue weighted by Gasteiger charge is 2.26. The first kappa shape index (κ1) is 7.94. The van der Waals surface area contributed by atoms with Crippen LogP contribution in [0.1, 0.15) is 6.42 Å². The van der Waals surface area contributed by atoms with Crippen molar-refractivity contribution in [2.24, 2.45) is 0 Å². The molecular weight excluding hydrogens is 134 g/mol. The molecule has 1 aliphatic rings. The quantitative estimate of drug-likeness (QED) is 0.322. The first-order chi connectivity index (χ1) is 4.72. The summed E-state index contributed by atoms with van der Waals surface area (Å²) in [5.41, 5.74) is 0. The van der Waals surface area contributed by atoms with Crippen molar-refractivity contribution in [3.05, 3.63) is 0 Å². The SMILES string of the molecule is O[C@H]1[C@H](O)CCNC[C@@H]1O. The fourth-order valence-electron chi connectivity index (χ4n) is 1.05. The summed E-state index contributed by atoms with van der Waals surface area (Å²) >= 11 is 0. The van der Waals surface area contributed by atoms with E-state index < -0.39 is 18.3 Å². The van der Waals surface area contributed by atoms with Gasteiger partial charge in [0, 0.05) is 6.54 Å². The summed E-state index contributed by atoms with van der Waals surface area (Å²) < 4.78 is 0. The van der Waals surface area contributed by atoms with Crippen LogP contribution in [0.25, 0.3) is 0 Å². The normalized spacial score (nSPS) is 42.9. The molecule has 0 aliphatic carbocycles. The van der Waals surface area contributed by atoms with Crippen LogP contribution in [0.15, 0.2) is 0 Å². The molecule has 4 N–H and O–H groups in total. The van der Waals surface area contributed by atoms with Gasteiger partial charge in [0.05, 0.1) is 12.2 Å². The Balaban J connectivity index is 2.46. The molecule has 0 amide bonds. The third-order valence-electron chi connectivity index (χ3n) is 1.76. The number of rotatable bonds is 0. The van der Waals surface area contributed by atoms with E-state index in [4.69, 9.17) is 15.3 Å². The smallest absolute Gasteiger partial charge is 0.107 e. The lowest BCUT2D eigenvalue weighted by Crippen LogP contribution is -2.38. The molecule has 0 bridgehead atoms. The van der Waals surface area contributed by atoms with E-state index in [1.54, 1.807) is 0 Å². The van der Waals surface area contributed by atoms with Gasteiger partial charge in [-0.25, -0.2) is 0 Å². The molecule has 0 radical (unpaired) electrons. The predicted octanol–water partition coefficient (Wildman–Crippen LogP) is -1.94.